The molecule has 1 saturated heterocycles. The van der Waals surface area contributed by atoms with Crippen LogP contribution in [0.5, 0.6) is 5.75 Å². The molecule has 10 heteroatoms. The third-order valence-electron chi connectivity index (χ3n) is 6.64. The molecule has 0 saturated carbocycles. The lowest BCUT2D eigenvalue weighted by Crippen LogP contribution is -2.52. The maximum absolute atomic E-state index is 13.0. The first-order chi connectivity index (χ1) is 15.7. The first-order valence-electron chi connectivity index (χ1n) is 11.2. The van der Waals surface area contributed by atoms with Crippen LogP contribution in [-0.4, -0.2) is 48.7 Å². The SMILES string of the molecule is CC1=CC=C(S(=O)(=O)N2CCC(O)(C(=O)C(C)Cc3ccc(OC(F)(F)F)cc3)CC2)CC1C. The molecule has 1 aliphatic heterocycles. The lowest BCUT2D eigenvalue weighted by molar-refractivity contribution is -0.274. The summed E-state index contributed by atoms with van der Waals surface area (Å²) in [5.41, 5.74) is 0.102. The number of allylic oxidation sites excluding steroid dienone is 4. The zero-order chi connectivity index (χ0) is 25.3. The first kappa shape index (κ1) is 26.4. The molecule has 0 spiro atoms. The molecular weight excluding hydrogens is 471 g/mol. The van der Waals surface area contributed by atoms with Crippen LogP contribution in [0.4, 0.5) is 13.2 Å². The van der Waals surface area contributed by atoms with E-state index in [2.05, 4.69) is 4.74 Å². The third-order valence-corrected chi connectivity index (χ3v) is 8.65. The average Bonchev–Trinajstić information content (AvgIpc) is 2.75. The monoisotopic (exact) mass is 501 g/mol. The van der Waals surface area contributed by atoms with Gasteiger partial charge in [0.25, 0.3) is 0 Å². The molecule has 0 amide bonds. The van der Waals surface area contributed by atoms with Gasteiger partial charge < -0.3 is 9.84 Å². The van der Waals surface area contributed by atoms with Crippen molar-refractivity contribution in [3.63, 3.8) is 0 Å². The zero-order valence-electron chi connectivity index (χ0n) is 19.4. The Hall–Kier alpha value is -2.17. The summed E-state index contributed by atoms with van der Waals surface area (Å²) in [6.07, 6.45) is -0.701. The summed E-state index contributed by atoms with van der Waals surface area (Å²) in [5.74, 6) is -1.22. The van der Waals surface area contributed by atoms with Gasteiger partial charge in [-0.15, -0.1) is 13.2 Å². The van der Waals surface area contributed by atoms with E-state index in [1.807, 2.05) is 19.9 Å². The standard InChI is InChI=1S/C24H30F3NO5S/c1-16-4-9-21(15-17(16)2)34(31,32)28-12-10-23(30,11-13-28)22(29)18(3)14-19-5-7-20(8-6-19)33-24(25,26)27/h4-9,17-18,30H,10-15H2,1-3H3. The molecule has 0 aromatic heterocycles. The number of hydrogen-bond donors (Lipinski definition) is 1. The number of benzene rings is 1. The smallest absolute Gasteiger partial charge is 0.406 e. The largest absolute Gasteiger partial charge is 0.573 e. The summed E-state index contributed by atoms with van der Waals surface area (Å²) < 4.78 is 68.2. The Bertz CT molecular complexity index is 1070. The highest BCUT2D eigenvalue weighted by molar-refractivity contribution is 7.93. The lowest BCUT2D eigenvalue weighted by Gasteiger charge is -2.38. The number of ether oxygens (including phenoxy) is 1. The summed E-state index contributed by atoms with van der Waals surface area (Å²) >= 11 is 0. The van der Waals surface area contributed by atoms with E-state index in [-0.39, 0.29) is 44.0 Å². The summed E-state index contributed by atoms with van der Waals surface area (Å²) in [7, 11) is -3.67. The Morgan fingerprint density at radius 1 is 1.21 bits per heavy atom. The molecule has 1 N–H and O–H groups in total. The number of ketones is 1. The number of aliphatic hydroxyl groups is 1. The second kappa shape index (κ2) is 9.83. The highest BCUT2D eigenvalue weighted by atomic mass is 32.2. The zero-order valence-corrected chi connectivity index (χ0v) is 20.2. The minimum absolute atomic E-state index is 0.00847. The van der Waals surface area contributed by atoms with Crippen molar-refractivity contribution in [1.29, 1.82) is 0 Å². The molecule has 6 nitrogen and oxygen atoms in total. The molecule has 3 rings (SSSR count). The van der Waals surface area contributed by atoms with Crippen molar-refractivity contribution in [3.05, 3.63) is 52.5 Å². The summed E-state index contributed by atoms with van der Waals surface area (Å²) in [6.45, 7) is 5.65. The van der Waals surface area contributed by atoms with Gasteiger partial charge in [0, 0.05) is 19.0 Å². The van der Waals surface area contributed by atoms with Crippen LogP contribution in [0.2, 0.25) is 0 Å². The van der Waals surface area contributed by atoms with Gasteiger partial charge in [-0.05, 0) is 62.3 Å². The van der Waals surface area contributed by atoms with Crippen molar-refractivity contribution in [3.8, 4) is 5.75 Å². The molecular formula is C24H30F3NO5S. The van der Waals surface area contributed by atoms with E-state index in [1.165, 1.54) is 28.6 Å². The fourth-order valence-electron chi connectivity index (χ4n) is 4.35. The molecule has 0 bridgehead atoms. The number of sulfonamides is 1. The third kappa shape index (κ3) is 6.09. The van der Waals surface area contributed by atoms with Crippen molar-refractivity contribution in [1.82, 2.24) is 4.31 Å². The van der Waals surface area contributed by atoms with Gasteiger partial charge in [0.05, 0.1) is 4.91 Å². The molecule has 2 aliphatic rings. The second-order valence-electron chi connectivity index (χ2n) is 9.25. The second-order valence-corrected chi connectivity index (χ2v) is 11.2. The summed E-state index contributed by atoms with van der Waals surface area (Å²) in [4.78, 5) is 13.3. The summed E-state index contributed by atoms with van der Waals surface area (Å²) in [5, 5.41) is 11.0. The molecule has 2 unspecified atom stereocenters. The van der Waals surface area contributed by atoms with Crippen LogP contribution in [-0.2, 0) is 21.2 Å². The van der Waals surface area contributed by atoms with Gasteiger partial charge in [-0.2, -0.15) is 4.31 Å². The molecule has 1 heterocycles. The number of carbonyl (C=O) groups excluding carboxylic acids is 1. The number of Topliss-reactive ketones (excluding diaryl/α,β-unsaturated/α-hetero) is 1. The van der Waals surface area contributed by atoms with Gasteiger partial charge in [0.1, 0.15) is 11.4 Å². The molecule has 0 radical (unpaired) electrons. The number of rotatable bonds is 7. The van der Waals surface area contributed by atoms with Crippen LogP contribution in [0, 0.1) is 11.8 Å². The van der Waals surface area contributed by atoms with E-state index in [4.69, 9.17) is 0 Å². The van der Waals surface area contributed by atoms with Crippen molar-refractivity contribution in [2.45, 2.75) is 58.4 Å². The molecule has 34 heavy (non-hydrogen) atoms. The number of halogens is 3. The van der Waals surface area contributed by atoms with Crippen molar-refractivity contribution >= 4 is 15.8 Å². The molecule has 1 fully saturated rings. The Morgan fingerprint density at radius 3 is 2.32 bits per heavy atom. The van der Waals surface area contributed by atoms with Crippen LogP contribution >= 0.6 is 0 Å². The normalized spacial score (nSPS) is 22.5. The molecule has 1 aliphatic carbocycles. The number of piperidine rings is 1. The van der Waals surface area contributed by atoms with Gasteiger partial charge in [-0.25, -0.2) is 8.42 Å². The number of alkyl halides is 3. The minimum atomic E-state index is -4.78. The molecule has 1 aromatic carbocycles. The van der Waals surface area contributed by atoms with E-state index in [0.717, 1.165) is 5.57 Å². The molecule has 1 aromatic rings. The van der Waals surface area contributed by atoms with Gasteiger partial charge in [0.15, 0.2) is 5.78 Å². The van der Waals surface area contributed by atoms with Crippen molar-refractivity contribution in [2.75, 3.05) is 13.1 Å². The fourth-order valence-corrected chi connectivity index (χ4v) is 6.05. The minimum Gasteiger partial charge on any atom is -0.406 e. The first-order valence-corrected chi connectivity index (χ1v) is 12.6. The van der Waals surface area contributed by atoms with E-state index >= 15 is 0 Å². The number of hydrogen-bond acceptors (Lipinski definition) is 5. The Kier molecular flexibility index (Phi) is 7.64. The van der Waals surface area contributed by atoms with Crippen LogP contribution < -0.4 is 4.74 Å². The van der Waals surface area contributed by atoms with Crippen molar-refractivity contribution < 1.29 is 36.2 Å². The maximum atomic E-state index is 13.0. The van der Waals surface area contributed by atoms with E-state index in [0.29, 0.717) is 16.9 Å². The highest BCUT2D eigenvalue weighted by Crippen LogP contribution is 2.34. The van der Waals surface area contributed by atoms with Gasteiger partial charge in [-0.3, -0.25) is 4.79 Å². The lowest BCUT2D eigenvalue weighted by atomic mass is 9.80. The Morgan fingerprint density at radius 2 is 1.79 bits per heavy atom. The Balaban J connectivity index is 1.60. The van der Waals surface area contributed by atoms with Gasteiger partial charge in [-0.1, -0.05) is 37.6 Å². The summed E-state index contributed by atoms with van der Waals surface area (Å²) in [6, 6.07) is 5.24. The van der Waals surface area contributed by atoms with E-state index < -0.39 is 33.7 Å². The molecule has 188 valence electrons. The van der Waals surface area contributed by atoms with Crippen LogP contribution in [0.25, 0.3) is 0 Å². The average molecular weight is 502 g/mol. The number of carbonyl (C=O) groups is 1. The fraction of sp³-hybridized carbons (Fsp3) is 0.542. The number of nitrogens with zero attached hydrogens (tertiary/aromatic N) is 1. The quantitative estimate of drug-likeness (QED) is 0.600. The van der Waals surface area contributed by atoms with Gasteiger partial charge >= 0.3 is 6.36 Å². The topological polar surface area (TPSA) is 83.9 Å². The predicted octanol–water partition coefficient (Wildman–Crippen LogP) is 4.36. The maximum Gasteiger partial charge on any atom is 0.573 e. The predicted molar refractivity (Wildman–Crippen MR) is 121 cm³/mol. The van der Waals surface area contributed by atoms with E-state index in [1.54, 1.807) is 13.0 Å². The van der Waals surface area contributed by atoms with Gasteiger partial charge in [0.2, 0.25) is 10.0 Å². The van der Waals surface area contributed by atoms with E-state index in [9.17, 15) is 31.5 Å². The molecule has 2 atom stereocenters. The van der Waals surface area contributed by atoms with Crippen LogP contribution in [0.3, 0.4) is 0 Å². The van der Waals surface area contributed by atoms with Crippen molar-refractivity contribution in [2.24, 2.45) is 11.8 Å². The highest BCUT2D eigenvalue weighted by Gasteiger charge is 2.44. The van der Waals surface area contributed by atoms with Crippen LogP contribution in [0.1, 0.15) is 45.6 Å². The Labute approximate surface area is 198 Å². The van der Waals surface area contributed by atoms with Crippen LogP contribution in [0.15, 0.2) is 46.9 Å².